The van der Waals surface area contributed by atoms with Crippen LogP contribution in [0, 0.1) is 13.8 Å². The predicted octanol–water partition coefficient (Wildman–Crippen LogP) is 4.07. The van der Waals surface area contributed by atoms with Gasteiger partial charge in [-0.3, -0.25) is 4.79 Å². The van der Waals surface area contributed by atoms with Gasteiger partial charge in [0.1, 0.15) is 0 Å². The van der Waals surface area contributed by atoms with Crippen molar-refractivity contribution in [2.24, 2.45) is 0 Å². The van der Waals surface area contributed by atoms with Crippen LogP contribution in [0.5, 0.6) is 0 Å². The summed E-state index contributed by atoms with van der Waals surface area (Å²) in [6.45, 7) is 5.53. The summed E-state index contributed by atoms with van der Waals surface area (Å²) in [5, 5.41) is 3.39. The van der Waals surface area contributed by atoms with Crippen LogP contribution in [0.2, 0.25) is 5.02 Å². The molecule has 2 aromatic rings. The molecule has 24 heavy (non-hydrogen) atoms. The predicted molar refractivity (Wildman–Crippen MR) is 93.5 cm³/mol. The van der Waals surface area contributed by atoms with E-state index in [0.29, 0.717) is 16.3 Å². The number of aryl methyl sites for hydroxylation is 2. The van der Waals surface area contributed by atoms with Crippen LogP contribution in [0.3, 0.4) is 0 Å². The summed E-state index contributed by atoms with van der Waals surface area (Å²) < 4.78 is 5.44. The van der Waals surface area contributed by atoms with Crippen LogP contribution in [0.25, 0.3) is 0 Å². The maximum absolute atomic E-state index is 12.7. The number of ether oxygens (including phenoxy) is 1. The fourth-order valence-electron chi connectivity index (χ4n) is 2.90. The Morgan fingerprint density at radius 2 is 1.96 bits per heavy atom. The highest BCUT2D eigenvalue weighted by Crippen LogP contribution is 2.31. The minimum atomic E-state index is -1.27. The van der Waals surface area contributed by atoms with E-state index in [1.807, 2.05) is 32.0 Å². The van der Waals surface area contributed by atoms with Crippen molar-refractivity contribution in [1.29, 1.82) is 0 Å². The fourth-order valence-corrected chi connectivity index (χ4v) is 3.10. The average Bonchev–Trinajstić information content (AvgIpc) is 2.49. The number of benzene rings is 2. The summed E-state index contributed by atoms with van der Waals surface area (Å²) in [5.41, 5.74) is 2.68. The lowest BCUT2D eigenvalue weighted by Gasteiger charge is -2.33. The molecule has 0 aliphatic carbocycles. The lowest BCUT2D eigenvalue weighted by Crippen LogP contribution is -2.49. The van der Waals surface area contributed by atoms with Crippen molar-refractivity contribution < 1.29 is 14.3 Å². The van der Waals surface area contributed by atoms with Crippen molar-refractivity contribution in [1.82, 2.24) is 0 Å². The van der Waals surface area contributed by atoms with Crippen molar-refractivity contribution >= 4 is 29.2 Å². The quantitative estimate of drug-likeness (QED) is 0.836. The van der Waals surface area contributed by atoms with Gasteiger partial charge in [-0.2, -0.15) is 0 Å². The first-order valence-electron chi connectivity index (χ1n) is 7.69. The van der Waals surface area contributed by atoms with Gasteiger partial charge in [0.2, 0.25) is 0 Å². The van der Waals surface area contributed by atoms with E-state index >= 15 is 0 Å². The van der Waals surface area contributed by atoms with E-state index in [1.165, 1.54) is 0 Å². The molecule has 1 aliphatic rings. The molecule has 4 nitrogen and oxygen atoms in total. The molecule has 1 heterocycles. The standard InChI is InChI=1S/C19H18ClNO3/c1-11-4-7-16(12(2)8-11)21-18(23)19(3)10-13-9-14(20)5-6-15(13)17(22)24-19/h4-9H,10H2,1-3H3,(H,21,23). The summed E-state index contributed by atoms with van der Waals surface area (Å²) in [7, 11) is 0. The number of hydrogen-bond acceptors (Lipinski definition) is 3. The van der Waals surface area contributed by atoms with Crippen LogP contribution in [-0.2, 0) is 16.0 Å². The second-order valence-corrected chi connectivity index (χ2v) is 6.81. The van der Waals surface area contributed by atoms with Crippen LogP contribution in [0.15, 0.2) is 36.4 Å². The number of esters is 1. The number of hydrogen-bond donors (Lipinski definition) is 1. The van der Waals surface area contributed by atoms with E-state index in [9.17, 15) is 9.59 Å². The first-order chi connectivity index (χ1) is 11.3. The third-order valence-corrected chi connectivity index (χ3v) is 4.48. The molecule has 0 saturated carbocycles. The van der Waals surface area contributed by atoms with E-state index in [0.717, 1.165) is 16.7 Å². The summed E-state index contributed by atoms with van der Waals surface area (Å²) in [6, 6.07) is 10.7. The van der Waals surface area contributed by atoms with E-state index in [4.69, 9.17) is 16.3 Å². The van der Waals surface area contributed by atoms with Crippen LogP contribution < -0.4 is 5.32 Å². The molecule has 0 spiro atoms. The fraction of sp³-hybridized carbons (Fsp3) is 0.263. The molecule has 1 N–H and O–H groups in total. The zero-order chi connectivity index (χ0) is 17.5. The Kier molecular flexibility index (Phi) is 4.10. The summed E-state index contributed by atoms with van der Waals surface area (Å²) in [6.07, 6.45) is 0.283. The highest BCUT2D eigenvalue weighted by atomic mass is 35.5. The maximum atomic E-state index is 12.7. The molecule has 3 rings (SSSR count). The van der Waals surface area contributed by atoms with Gasteiger partial charge in [-0.25, -0.2) is 4.79 Å². The van der Waals surface area contributed by atoms with Gasteiger partial charge in [-0.15, -0.1) is 0 Å². The molecule has 0 aromatic heterocycles. The molecule has 0 radical (unpaired) electrons. The third kappa shape index (κ3) is 3.02. The van der Waals surface area contributed by atoms with Crippen LogP contribution >= 0.6 is 11.6 Å². The minimum Gasteiger partial charge on any atom is -0.445 e. The lowest BCUT2D eigenvalue weighted by atomic mass is 9.89. The van der Waals surface area contributed by atoms with Gasteiger partial charge in [-0.05, 0) is 56.2 Å². The first kappa shape index (κ1) is 16.5. The van der Waals surface area contributed by atoms with Gasteiger partial charge in [0, 0.05) is 17.1 Å². The first-order valence-corrected chi connectivity index (χ1v) is 8.07. The highest BCUT2D eigenvalue weighted by Gasteiger charge is 2.42. The molecule has 1 atom stereocenters. The Morgan fingerprint density at radius 3 is 2.67 bits per heavy atom. The molecular formula is C19H18ClNO3. The highest BCUT2D eigenvalue weighted by molar-refractivity contribution is 6.30. The zero-order valence-corrected chi connectivity index (χ0v) is 14.5. The monoisotopic (exact) mass is 343 g/mol. The molecule has 1 aliphatic heterocycles. The summed E-state index contributed by atoms with van der Waals surface area (Å²) >= 11 is 6.01. The molecule has 0 fully saturated rings. The zero-order valence-electron chi connectivity index (χ0n) is 13.8. The summed E-state index contributed by atoms with van der Waals surface area (Å²) in [5.74, 6) is -0.861. The Morgan fingerprint density at radius 1 is 1.21 bits per heavy atom. The second kappa shape index (κ2) is 5.95. The number of rotatable bonds is 2. The number of carbonyl (C=O) groups excluding carboxylic acids is 2. The second-order valence-electron chi connectivity index (χ2n) is 6.37. The minimum absolute atomic E-state index is 0.283. The number of fused-ring (bicyclic) bond motifs is 1. The smallest absolute Gasteiger partial charge is 0.339 e. The van der Waals surface area contributed by atoms with Crippen LogP contribution in [-0.4, -0.2) is 17.5 Å². The number of amides is 1. The average molecular weight is 344 g/mol. The number of cyclic esters (lactones) is 1. The molecule has 5 heteroatoms. The molecule has 124 valence electrons. The molecule has 0 saturated heterocycles. The van der Waals surface area contributed by atoms with Gasteiger partial charge in [0.25, 0.3) is 5.91 Å². The normalized spacial score (nSPS) is 19.4. The Bertz CT molecular complexity index is 847. The van der Waals surface area contributed by atoms with Crippen molar-refractivity contribution in [3.05, 3.63) is 63.7 Å². The van der Waals surface area contributed by atoms with E-state index in [1.54, 1.807) is 25.1 Å². The molecule has 0 bridgehead atoms. The maximum Gasteiger partial charge on any atom is 0.339 e. The van der Waals surface area contributed by atoms with Crippen molar-refractivity contribution in [3.8, 4) is 0 Å². The summed E-state index contributed by atoms with van der Waals surface area (Å²) in [4.78, 5) is 25.0. The topological polar surface area (TPSA) is 55.4 Å². The lowest BCUT2D eigenvalue weighted by molar-refractivity contribution is -0.134. The number of anilines is 1. The van der Waals surface area contributed by atoms with Crippen molar-refractivity contribution in [2.75, 3.05) is 5.32 Å². The Hall–Kier alpha value is -2.33. The van der Waals surface area contributed by atoms with E-state index < -0.39 is 11.6 Å². The number of nitrogens with one attached hydrogen (secondary N) is 1. The van der Waals surface area contributed by atoms with E-state index in [-0.39, 0.29) is 12.3 Å². The largest absolute Gasteiger partial charge is 0.445 e. The molecular weight excluding hydrogens is 326 g/mol. The third-order valence-electron chi connectivity index (χ3n) is 4.24. The van der Waals surface area contributed by atoms with Crippen molar-refractivity contribution in [2.45, 2.75) is 32.8 Å². The SMILES string of the molecule is Cc1ccc(NC(=O)C2(C)Cc3cc(Cl)ccc3C(=O)O2)c(C)c1. The van der Waals surface area contributed by atoms with Crippen LogP contribution in [0.4, 0.5) is 5.69 Å². The molecule has 1 amide bonds. The molecule has 2 aromatic carbocycles. The number of carbonyl (C=O) groups is 2. The Balaban J connectivity index is 1.88. The van der Waals surface area contributed by atoms with Gasteiger partial charge < -0.3 is 10.1 Å². The van der Waals surface area contributed by atoms with Gasteiger partial charge in [-0.1, -0.05) is 29.3 Å². The van der Waals surface area contributed by atoms with Crippen molar-refractivity contribution in [3.63, 3.8) is 0 Å². The molecule has 1 unspecified atom stereocenters. The van der Waals surface area contributed by atoms with Crippen LogP contribution in [0.1, 0.15) is 34.0 Å². The van der Waals surface area contributed by atoms with E-state index in [2.05, 4.69) is 5.32 Å². The van der Waals surface area contributed by atoms with Gasteiger partial charge >= 0.3 is 5.97 Å². The number of halogens is 1. The van der Waals surface area contributed by atoms with Gasteiger partial charge in [0.05, 0.1) is 5.56 Å². The Labute approximate surface area is 145 Å². The van der Waals surface area contributed by atoms with Gasteiger partial charge in [0.15, 0.2) is 5.60 Å².